The summed E-state index contributed by atoms with van der Waals surface area (Å²) >= 11 is 0. The van der Waals surface area contributed by atoms with Crippen LogP contribution in [0.2, 0.25) is 0 Å². The number of benzene rings is 2. The highest BCUT2D eigenvalue weighted by Crippen LogP contribution is 2.13. The van der Waals surface area contributed by atoms with Crippen LogP contribution in [0.15, 0.2) is 54.6 Å². The molecule has 0 aliphatic carbocycles. The Labute approximate surface area is 149 Å². The molecule has 4 heteroatoms. The van der Waals surface area contributed by atoms with Crippen LogP contribution in [0.4, 0.5) is 0 Å². The fraction of sp³-hybridized carbons (Fsp3) is 0.333. The standard InChI is InChI=1S/C21H24N2O2/c1-17(2)23(16-19-12-10-18(15-22)11-13-19)21(24)9-6-14-25-20-7-4-3-5-8-20/h3-5,7-8,10-13,17H,6,9,14,16H2,1-2H3. The van der Waals surface area contributed by atoms with Crippen LogP contribution < -0.4 is 4.74 Å². The molecule has 0 heterocycles. The molecule has 0 bridgehead atoms. The molecule has 0 spiro atoms. The molecule has 0 unspecified atom stereocenters. The summed E-state index contributed by atoms with van der Waals surface area (Å²) in [6, 6.07) is 19.2. The van der Waals surface area contributed by atoms with Crippen LogP contribution in [-0.2, 0) is 11.3 Å². The summed E-state index contributed by atoms with van der Waals surface area (Å²) in [6.07, 6.45) is 1.14. The van der Waals surface area contributed by atoms with Gasteiger partial charge < -0.3 is 9.64 Å². The van der Waals surface area contributed by atoms with Gasteiger partial charge in [-0.25, -0.2) is 0 Å². The maximum Gasteiger partial charge on any atom is 0.223 e. The SMILES string of the molecule is CC(C)N(Cc1ccc(C#N)cc1)C(=O)CCCOc1ccccc1. The Kier molecular flexibility index (Phi) is 7.03. The zero-order valence-electron chi connectivity index (χ0n) is 14.8. The summed E-state index contributed by atoms with van der Waals surface area (Å²) in [7, 11) is 0. The average Bonchev–Trinajstić information content (AvgIpc) is 2.64. The second-order valence-electron chi connectivity index (χ2n) is 6.19. The van der Waals surface area contributed by atoms with Gasteiger partial charge in [0, 0.05) is 19.0 Å². The number of rotatable bonds is 8. The summed E-state index contributed by atoms with van der Waals surface area (Å²) < 4.78 is 5.64. The fourth-order valence-electron chi connectivity index (χ4n) is 2.51. The molecule has 2 aromatic rings. The van der Waals surface area contributed by atoms with E-state index in [0.29, 0.717) is 31.6 Å². The average molecular weight is 336 g/mol. The third-order valence-electron chi connectivity index (χ3n) is 3.93. The quantitative estimate of drug-likeness (QED) is 0.680. The van der Waals surface area contributed by atoms with Gasteiger partial charge >= 0.3 is 0 Å². The van der Waals surface area contributed by atoms with Crippen LogP contribution in [0.3, 0.4) is 0 Å². The monoisotopic (exact) mass is 336 g/mol. The highest BCUT2D eigenvalue weighted by Gasteiger charge is 2.17. The fourth-order valence-corrected chi connectivity index (χ4v) is 2.51. The largest absolute Gasteiger partial charge is 0.494 e. The maximum atomic E-state index is 12.5. The van der Waals surface area contributed by atoms with Crippen molar-refractivity contribution in [2.24, 2.45) is 0 Å². The van der Waals surface area contributed by atoms with Gasteiger partial charge in [-0.3, -0.25) is 4.79 Å². The number of ether oxygens (including phenoxy) is 1. The Morgan fingerprint density at radius 2 is 1.80 bits per heavy atom. The van der Waals surface area contributed by atoms with E-state index in [1.807, 2.05) is 61.2 Å². The van der Waals surface area contributed by atoms with Crippen molar-refractivity contribution in [2.75, 3.05) is 6.61 Å². The van der Waals surface area contributed by atoms with Crippen LogP contribution in [-0.4, -0.2) is 23.5 Å². The lowest BCUT2D eigenvalue weighted by molar-refractivity contribution is -0.133. The molecule has 2 aromatic carbocycles. The number of nitriles is 1. The minimum atomic E-state index is 0.121. The number of hydrogen-bond donors (Lipinski definition) is 0. The molecule has 0 saturated carbocycles. The first kappa shape index (κ1) is 18.5. The molecular formula is C21H24N2O2. The van der Waals surface area contributed by atoms with E-state index in [4.69, 9.17) is 10.00 Å². The van der Waals surface area contributed by atoms with E-state index >= 15 is 0 Å². The van der Waals surface area contributed by atoms with Crippen LogP contribution in [0, 0.1) is 11.3 Å². The summed E-state index contributed by atoms with van der Waals surface area (Å²) in [6.45, 7) is 5.12. The first-order valence-corrected chi connectivity index (χ1v) is 8.56. The van der Waals surface area contributed by atoms with E-state index in [1.165, 1.54) is 0 Å². The van der Waals surface area contributed by atoms with Crippen molar-refractivity contribution in [1.29, 1.82) is 5.26 Å². The lowest BCUT2D eigenvalue weighted by Crippen LogP contribution is -2.36. The van der Waals surface area contributed by atoms with Crippen LogP contribution in [0.5, 0.6) is 5.75 Å². The van der Waals surface area contributed by atoms with Crippen molar-refractivity contribution in [3.63, 3.8) is 0 Å². The number of para-hydroxylation sites is 1. The third-order valence-corrected chi connectivity index (χ3v) is 3.93. The molecule has 0 aromatic heterocycles. The van der Waals surface area contributed by atoms with Gasteiger partial charge in [0.2, 0.25) is 5.91 Å². The van der Waals surface area contributed by atoms with Crippen molar-refractivity contribution in [1.82, 2.24) is 4.90 Å². The van der Waals surface area contributed by atoms with Gasteiger partial charge in [0.1, 0.15) is 5.75 Å². The number of hydrogen-bond acceptors (Lipinski definition) is 3. The molecule has 0 aliphatic rings. The van der Waals surface area contributed by atoms with Gasteiger partial charge in [0.25, 0.3) is 0 Å². The van der Waals surface area contributed by atoms with Crippen molar-refractivity contribution in [3.05, 3.63) is 65.7 Å². The topological polar surface area (TPSA) is 53.3 Å². The molecular weight excluding hydrogens is 312 g/mol. The van der Waals surface area contributed by atoms with Gasteiger partial charge in [-0.1, -0.05) is 30.3 Å². The predicted molar refractivity (Wildman–Crippen MR) is 98.0 cm³/mol. The maximum absolute atomic E-state index is 12.5. The van der Waals surface area contributed by atoms with Crippen molar-refractivity contribution >= 4 is 5.91 Å². The Balaban J connectivity index is 1.83. The number of nitrogens with zero attached hydrogens (tertiary/aromatic N) is 2. The van der Waals surface area contributed by atoms with E-state index < -0.39 is 0 Å². The molecule has 0 fully saturated rings. The number of carbonyl (C=O) groups is 1. The second kappa shape index (κ2) is 9.48. The number of carbonyl (C=O) groups excluding carboxylic acids is 1. The Hall–Kier alpha value is -2.80. The normalized spacial score (nSPS) is 10.3. The zero-order chi connectivity index (χ0) is 18.1. The molecule has 2 rings (SSSR count). The van der Waals surface area contributed by atoms with Gasteiger partial charge in [0.15, 0.2) is 0 Å². The van der Waals surface area contributed by atoms with E-state index in [9.17, 15) is 4.79 Å². The molecule has 130 valence electrons. The van der Waals surface area contributed by atoms with Gasteiger partial charge in [-0.05, 0) is 50.1 Å². The van der Waals surface area contributed by atoms with E-state index in [2.05, 4.69) is 6.07 Å². The molecule has 0 atom stereocenters. The van der Waals surface area contributed by atoms with E-state index in [-0.39, 0.29) is 11.9 Å². The summed E-state index contributed by atoms with van der Waals surface area (Å²) in [5.41, 5.74) is 1.66. The van der Waals surface area contributed by atoms with Crippen LogP contribution in [0.1, 0.15) is 37.8 Å². The Morgan fingerprint density at radius 1 is 1.12 bits per heavy atom. The molecule has 0 aliphatic heterocycles. The minimum Gasteiger partial charge on any atom is -0.494 e. The minimum absolute atomic E-state index is 0.121. The Morgan fingerprint density at radius 3 is 2.40 bits per heavy atom. The van der Waals surface area contributed by atoms with Crippen molar-refractivity contribution < 1.29 is 9.53 Å². The zero-order valence-corrected chi connectivity index (χ0v) is 14.8. The first-order chi connectivity index (χ1) is 12.1. The summed E-state index contributed by atoms with van der Waals surface area (Å²) in [5.74, 6) is 0.948. The van der Waals surface area contributed by atoms with Gasteiger partial charge in [-0.2, -0.15) is 5.26 Å². The highest BCUT2D eigenvalue weighted by molar-refractivity contribution is 5.76. The number of amides is 1. The Bertz CT molecular complexity index is 703. The van der Waals surface area contributed by atoms with Gasteiger partial charge in [-0.15, -0.1) is 0 Å². The summed E-state index contributed by atoms with van der Waals surface area (Å²) in [4.78, 5) is 14.4. The highest BCUT2D eigenvalue weighted by atomic mass is 16.5. The molecule has 0 saturated heterocycles. The predicted octanol–water partition coefficient (Wildman–Crippen LogP) is 4.15. The van der Waals surface area contributed by atoms with Crippen LogP contribution in [0.25, 0.3) is 0 Å². The molecule has 0 radical (unpaired) electrons. The molecule has 0 N–H and O–H groups in total. The smallest absolute Gasteiger partial charge is 0.223 e. The first-order valence-electron chi connectivity index (χ1n) is 8.56. The van der Waals surface area contributed by atoms with Crippen molar-refractivity contribution in [2.45, 2.75) is 39.3 Å². The van der Waals surface area contributed by atoms with E-state index in [0.717, 1.165) is 11.3 Å². The molecule has 4 nitrogen and oxygen atoms in total. The van der Waals surface area contributed by atoms with E-state index in [1.54, 1.807) is 12.1 Å². The van der Waals surface area contributed by atoms with Gasteiger partial charge in [0.05, 0.1) is 18.2 Å². The molecule has 25 heavy (non-hydrogen) atoms. The second-order valence-corrected chi connectivity index (χ2v) is 6.19. The van der Waals surface area contributed by atoms with Crippen LogP contribution >= 0.6 is 0 Å². The molecule has 1 amide bonds. The lowest BCUT2D eigenvalue weighted by atomic mass is 10.1. The van der Waals surface area contributed by atoms with Crippen molar-refractivity contribution in [3.8, 4) is 11.8 Å². The lowest BCUT2D eigenvalue weighted by Gasteiger charge is -2.27. The summed E-state index contributed by atoms with van der Waals surface area (Å²) in [5, 5.41) is 8.86. The third kappa shape index (κ3) is 5.96.